The first-order chi connectivity index (χ1) is 9.64. The number of ether oxygens (including phenoxy) is 1. The molecular weight excluding hydrogens is 266 g/mol. The van der Waals surface area contributed by atoms with Crippen molar-refractivity contribution in [3.63, 3.8) is 0 Å². The van der Waals surface area contributed by atoms with Crippen LogP contribution in [0.4, 0.5) is 4.79 Å². The molecule has 0 aliphatic carbocycles. The fourth-order valence-corrected chi connectivity index (χ4v) is 1.38. The largest absolute Gasteiger partial charge is 0.444 e. The molecule has 0 saturated carbocycles. The Morgan fingerprint density at radius 1 is 1.24 bits per heavy atom. The predicted molar refractivity (Wildman–Crippen MR) is 85.8 cm³/mol. The highest BCUT2D eigenvalue weighted by Crippen LogP contribution is 2.08. The number of amides is 1. The smallest absolute Gasteiger partial charge is 0.412 e. The molecule has 0 aromatic rings. The topological polar surface area (TPSA) is 55.4 Å². The lowest BCUT2D eigenvalue weighted by atomic mass is 10.2. The molecule has 1 N–H and O–H groups in total. The lowest BCUT2D eigenvalue weighted by Crippen LogP contribution is -2.31. The van der Waals surface area contributed by atoms with Crippen molar-refractivity contribution in [2.75, 3.05) is 0 Å². The second-order valence-corrected chi connectivity index (χ2v) is 5.68. The van der Waals surface area contributed by atoms with Gasteiger partial charge in [-0.3, -0.25) is 10.1 Å². The number of rotatable bonds is 6. The third-order valence-electron chi connectivity index (χ3n) is 2.11. The number of allylic oxidation sites excluding steroid dienone is 6. The first-order valence-corrected chi connectivity index (χ1v) is 6.81. The van der Waals surface area contributed by atoms with E-state index in [2.05, 4.69) is 11.9 Å². The Kier molecular flexibility index (Phi) is 8.06. The van der Waals surface area contributed by atoms with Gasteiger partial charge in [-0.25, -0.2) is 4.79 Å². The molecule has 0 aromatic carbocycles. The fourth-order valence-electron chi connectivity index (χ4n) is 1.38. The Balaban J connectivity index is 4.81. The van der Waals surface area contributed by atoms with Crippen LogP contribution < -0.4 is 5.32 Å². The van der Waals surface area contributed by atoms with Crippen molar-refractivity contribution in [3.05, 3.63) is 48.2 Å². The van der Waals surface area contributed by atoms with Gasteiger partial charge in [0.25, 0.3) is 0 Å². The van der Waals surface area contributed by atoms with E-state index in [0.29, 0.717) is 12.1 Å². The summed E-state index contributed by atoms with van der Waals surface area (Å²) >= 11 is 0. The Morgan fingerprint density at radius 3 is 2.33 bits per heavy atom. The number of Topliss-reactive ketones (excluding diaryl/α,β-unsaturated/α-hetero) is 1. The molecule has 0 unspecified atom stereocenters. The molecule has 0 aliphatic rings. The molecule has 0 radical (unpaired) electrons. The molecule has 0 aromatic heterocycles. The maximum Gasteiger partial charge on any atom is 0.412 e. The standard InChI is InChI=1S/C17H25NO3/c1-7-9-15(18-16(20)21-17(4,5)6)12-13(2)10-8-11-14(3)19/h7-10,12H,1,11H2,2-6H3,(H,18,20)/b10-8-,13-12+,15-9+. The predicted octanol–water partition coefficient (Wildman–Crippen LogP) is 4.06. The second-order valence-electron chi connectivity index (χ2n) is 5.68. The molecule has 1 amide bonds. The van der Waals surface area contributed by atoms with E-state index in [1.807, 2.05) is 13.0 Å². The Morgan fingerprint density at radius 2 is 1.86 bits per heavy atom. The van der Waals surface area contributed by atoms with Crippen LogP contribution in [0.5, 0.6) is 0 Å². The molecular formula is C17H25NO3. The average molecular weight is 291 g/mol. The number of ketones is 1. The average Bonchev–Trinajstić information content (AvgIpc) is 2.25. The Hall–Kier alpha value is -2.10. The first kappa shape index (κ1) is 18.9. The Labute approximate surface area is 127 Å². The summed E-state index contributed by atoms with van der Waals surface area (Å²) in [6.45, 7) is 12.4. The summed E-state index contributed by atoms with van der Waals surface area (Å²) in [5, 5.41) is 2.66. The molecule has 0 spiro atoms. The quantitative estimate of drug-likeness (QED) is 0.751. The minimum absolute atomic E-state index is 0.104. The molecule has 4 nitrogen and oxygen atoms in total. The van der Waals surface area contributed by atoms with Gasteiger partial charge in [0.05, 0.1) is 0 Å². The number of nitrogens with one attached hydrogen (secondary N) is 1. The van der Waals surface area contributed by atoms with Gasteiger partial charge in [-0.1, -0.05) is 24.8 Å². The monoisotopic (exact) mass is 291 g/mol. The van der Waals surface area contributed by atoms with Crippen LogP contribution >= 0.6 is 0 Å². The zero-order chi connectivity index (χ0) is 16.5. The minimum Gasteiger partial charge on any atom is -0.444 e. The summed E-state index contributed by atoms with van der Waals surface area (Å²) in [6, 6.07) is 0. The van der Waals surface area contributed by atoms with Gasteiger partial charge >= 0.3 is 6.09 Å². The fraction of sp³-hybridized carbons (Fsp3) is 0.412. The maximum atomic E-state index is 11.7. The van der Waals surface area contributed by atoms with Crippen molar-refractivity contribution in [1.82, 2.24) is 5.32 Å². The second kappa shape index (κ2) is 8.95. The summed E-state index contributed by atoms with van der Waals surface area (Å²) in [6.07, 6.45) is 8.52. The number of carbonyl (C=O) groups is 2. The van der Waals surface area contributed by atoms with E-state index >= 15 is 0 Å². The Bertz CT molecular complexity index is 477. The van der Waals surface area contributed by atoms with Crippen molar-refractivity contribution >= 4 is 11.9 Å². The van der Waals surface area contributed by atoms with E-state index in [9.17, 15) is 9.59 Å². The summed E-state index contributed by atoms with van der Waals surface area (Å²) in [5.74, 6) is 0.104. The maximum absolute atomic E-state index is 11.7. The number of hydrogen-bond donors (Lipinski definition) is 1. The third-order valence-corrected chi connectivity index (χ3v) is 2.11. The van der Waals surface area contributed by atoms with E-state index < -0.39 is 11.7 Å². The third kappa shape index (κ3) is 11.4. The molecule has 116 valence electrons. The van der Waals surface area contributed by atoms with E-state index in [0.717, 1.165) is 5.57 Å². The van der Waals surface area contributed by atoms with Crippen molar-refractivity contribution in [1.29, 1.82) is 0 Å². The first-order valence-electron chi connectivity index (χ1n) is 6.81. The van der Waals surface area contributed by atoms with Crippen molar-refractivity contribution in [3.8, 4) is 0 Å². The van der Waals surface area contributed by atoms with Gasteiger partial charge in [-0.2, -0.15) is 0 Å². The minimum atomic E-state index is -0.552. The molecule has 0 rings (SSSR count). The molecule has 0 bridgehead atoms. The van der Waals surface area contributed by atoms with Crippen LogP contribution in [-0.4, -0.2) is 17.5 Å². The molecule has 0 fully saturated rings. The van der Waals surface area contributed by atoms with Gasteiger partial charge in [0.15, 0.2) is 0 Å². The summed E-state index contributed by atoms with van der Waals surface area (Å²) < 4.78 is 5.19. The van der Waals surface area contributed by atoms with Crippen LogP contribution in [0.25, 0.3) is 0 Å². The summed E-state index contributed by atoms with van der Waals surface area (Å²) in [7, 11) is 0. The van der Waals surface area contributed by atoms with Crippen LogP contribution in [-0.2, 0) is 9.53 Å². The van der Waals surface area contributed by atoms with Crippen molar-refractivity contribution < 1.29 is 14.3 Å². The van der Waals surface area contributed by atoms with Gasteiger partial charge in [-0.05, 0) is 52.3 Å². The van der Waals surface area contributed by atoms with Crippen LogP contribution in [0.1, 0.15) is 41.0 Å². The van der Waals surface area contributed by atoms with Gasteiger partial charge in [-0.15, -0.1) is 0 Å². The lowest BCUT2D eigenvalue weighted by Gasteiger charge is -2.20. The van der Waals surface area contributed by atoms with Gasteiger partial charge in [0.1, 0.15) is 11.4 Å². The van der Waals surface area contributed by atoms with E-state index in [1.165, 1.54) is 6.92 Å². The van der Waals surface area contributed by atoms with E-state index in [1.54, 1.807) is 45.1 Å². The van der Waals surface area contributed by atoms with Gasteiger partial charge in [0, 0.05) is 12.1 Å². The number of carbonyl (C=O) groups excluding carboxylic acids is 2. The summed E-state index contributed by atoms with van der Waals surface area (Å²) in [4.78, 5) is 22.6. The molecule has 0 atom stereocenters. The zero-order valence-corrected chi connectivity index (χ0v) is 13.5. The molecule has 0 aliphatic heterocycles. The van der Waals surface area contributed by atoms with Crippen LogP contribution in [0.3, 0.4) is 0 Å². The van der Waals surface area contributed by atoms with E-state index in [-0.39, 0.29) is 5.78 Å². The highest BCUT2D eigenvalue weighted by atomic mass is 16.6. The van der Waals surface area contributed by atoms with Crippen molar-refractivity contribution in [2.24, 2.45) is 0 Å². The van der Waals surface area contributed by atoms with Crippen LogP contribution in [0.2, 0.25) is 0 Å². The zero-order valence-electron chi connectivity index (χ0n) is 13.5. The molecule has 4 heteroatoms. The number of alkyl carbamates (subject to hydrolysis) is 1. The summed E-state index contributed by atoms with van der Waals surface area (Å²) in [5.41, 5.74) is 0.924. The molecule has 21 heavy (non-hydrogen) atoms. The molecule has 0 saturated heterocycles. The normalized spacial score (nSPS) is 13.2. The van der Waals surface area contributed by atoms with Crippen LogP contribution in [0.15, 0.2) is 48.2 Å². The van der Waals surface area contributed by atoms with Gasteiger partial charge < -0.3 is 4.74 Å². The lowest BCUT2D eigenvalue weighted by molar-refractivity contribution is -0.116. The van der Waals surface area contributed by atoms with Crippen LogP contribution in [0, 0.1) is 0 Å². The SMILES string of the molecule is C=C\C=C(/C=C(C)/C=C\CC(C)=O)NC(=O)OC(C)(C)C. The highest BCUT2D eigenvalue weighted by molar-refractivity contribution is 5.77. The molecule has 0 heterocycles. The highest BCUT2D eigenvalue weighted by Gasteiger charge is 2.16. The van der Waals surface area contributed by atoms with Crippen molar-refractivity contribution in [2.45, 2.75) is 46.6 Å². The van der Waals surface area contributed by atoms with Gasteiger partial charge in [0.2, 0.25) is 0 Å². The van der Waals surface area contributed by atoms with E-state index in [4.69, 9.17) is 4.74 Å². The number of hydrogen-bond acceptors (Lipinski definition) is 3.